The summed E-state index contributed by atoms with van der Waals surface area (Å²) in [5.74, 6) is 0.479. The van der Waals surface area contributed by atoms with E-state index in [1.807, 2.05) is 42.5 Å². The van der Waals surface area contributed by atoms with Gasteiger partial charge in [0.05, 0.1) is 19.3 Å². The molecule has 1 atom stereocenters. The van der Waals surface area contributed by atoms with Gasteiger partial charge in [0, 0.05) is 27.8 Å². The Morgan fingerprint density at radius 1 is 1.02 bits per heavy atom. The van der Waals surface area contributed by atoms with Crippen LogP contribution in [0.3, 0.4) is 0 Å². The first-order valence-corrected chi connectivity index (χ1v) is 14.1. The van der Waals surface area contributed by atoms with Crippen molar-refractivity contribution >= 4 is 47.0 Å². The summed E-state index contributed by atoms with van der Waals surface area (Å²) in [5, 5.41) is 6.25. The fourth-order valence-electron chi connectivity index (χ4n) is 4.06. The van der Waals surface area contributed by atoms with Gasteiger partial charge in [-0.15, -0.1) is 11.8 Å². The highest BCUT2D eigenvalue weighted by molar-refractivity contribution is 7.99. The number of hydrogen-bond acceptors (Lipinski definition) is 6. The number of thioether (sulfide) groups is 1. The number of anilines is 1. The molecule has 10 heteroatoms. The molecule has 0 fully saturated rings. The van der Waals surface area contributed by atoms with Gasteiger partial charge in [0.1, 0.15) is 17.4 Å². The van der Waals surface area contributed by atoms with E-state index in [0.29, 0.717) is 28.6 Å². The lowest BCUT2D eigenvalue weighted by molar-refractivity contribution is -0.120. The molecule has 3 amide bonds. The van der Waals surface area contributed by atoms with Crippen molar-refractivity contribution in [2.24, 2.45) is 0 Å². The van der Waals surface area contributed by atoms with Crippen LogP contribution in [0.2, 0.25) is 5.02 Å². The molecule has 4 rings (SSSR count). The van der Waals surface area contributed by atoms with E-state index in [4.69, 9.17) is 21.1 Å². The molecule has 0 unspecified atom stereocenters. The summed E-state index contributed by atoms with van der Waals surface area (Å²) >= 11 is 7.51. The topological polar surface area (TPSA) is 97.0 Å². The molecule has 1 heterocycles. The molecule has 0 bridgehead atoms. The molecule has 8 nitrogen and oxygen atoms in total. The number of carbonyl (C=O) groups is 3. The Balaban J connectivity index is 1.59. The van der Waals surface area contributed by atoms with Crippen molar-refractivity contribution in [3.8, 4) is 5.75 Å². The number of halogens is 1. The smallest absolute Gasteiger partial charge is 0.408 e. The predicted molar refractivity (Wildman–Crippen MR) is 157 cm³/mol. The van der Waals surface area contributed by atoms with E-state index in [9.17, 15) is 14.4 Å². The van der Waals surface area contributed by atoms with Gasteiger partial charge >= 0.3 is 6.09 Å². The first-order chi connectivity index (χ1) is 19.0. The third kappa shape index (κ3) is 7.70. The van der Waals surface area contributed by atoms with Gasteiger partial charge in [-0.1, -0.05) is 35.9 Å². The summed E-state index contributed by atoms with van der Waals surface area (Å²) in [6, 6.07) is 19.1. The lowest BCUT2D eigenvalue weighted by atomic mass is 10.1. The van der Waals surface area contributed by atoms with Gasteiger partial charge in [-0.05, 0) is 74.4 Å². The minimum Gasteiger partial charge on any atom is -0.497 e. The maximum atomic E-state index is 13.8. The lowest BCUT2D eigenvalue weighted by Crippen LogP contribution is -2.50. The number of amides is 3. The molecule has 0 aliphatic carbocycles. The SMILES string of the molecule is COc1ccc(CNC(=O)c2ccc3c(c2)N(Cc2ccc(Cl)cc2)C(=O)[C@@H](NC(=O)OC(C)(C)C)CS3)cc1. The third-order valence-electron chi connectivity index (χ3n) is 6.04. The number of benzene rings is 3. The van der Waals surface area contributed by atoms with Crippen LogP contribution < -0.4 is 20.3 Å². The highest BCUT2D eigenvalue weighted by Crippen LogP contribution is 2.36. The molecular formula is C30H32ClN3O5S. The predicted octanol–water partition coefficient (Wildman–Crippen LogP) is 5.81. The monoisotopic (exact) mass is 581 g/mol. The van der Waals surface area contributed by atoms with Crippen LogP contribution in [-0.2, 0) is 22.6 Å². The highest BCUT2D eigenvalue weighted by Gasteiger charge is 2.33. The molecular weight excluding hydrogens is 550 g/mol. The molecule has 40 heavy (non-hydrogen) atoms. The number of nitrogens with one attached hydrogen (secondary N) is 2. The summed E-state index contributed by atoms with van der Waals surface area (Å²) < 4.78 is 10.6. The fraction of sp³-hybridized carbons (Fsp3) is 0.300. The zero-order chi connectivity index (χ0) is 28.9. The number of hydrogen-bond donors (Lipinski definition) is 2. The van der Waals surface area contributed by atoms with Crippen LogP contribution in [0.15, 0.2) is 71.6 Å². The van der Waals surface area contributed by atoms with Gasteiger partial charge in [-0.2, -0.15) is 0 Å². The van der Waals surface area contributed by atoms with Crippen LogP contribution in [0.1, 0.15) is 42.3 Å². The van der Waals surface area contributed by atoms with E-state index in [1.165, 1.54) is 11.8 Å². The van der Waals surface area contributed by atoms with Crippen LogP contribution in [-0.4, -0.2) is 42.4 Å². The number of nitrogens with zero attached hydrogens (tertiary/aromatic N) is 1. The first-order valence-electron chi connectivity index (χ1n) is 12.8. The number of alkyl carbamates (subject to hydrolysis) is 1. The minimum atomic E-state index is -0.827. The van der Waals surface area contributed by atoms with Crippen molar-refractivity contribution in [2.75, 3.05) is 17.8 Å². The maximum Gasteiger partial charge on any atom is 0.408 e. The lowest BCUT2D eigenvalue weighted by Gasteiger charge is -2.27. The zero-order valence-electron chi connectivity index (χ0n) is 22.8. The van der Waals surface area contributed by atoms with Crippen molar-refractivity contribution < 1.29 is 23.9 Å². The summed E-state index contributed by atoms with van der Waals surface area (Å²) in [7, 11) is 1.60. The van der Waals surface area contributed by atoms with Crippen molar-refractivity contribution in [2.45, 2.75) is 50.4 Å². The molecule has 0 radical (unpaired) electrons. The molecule has 3 aromatic rings. The molecule has 0 spiro atoms. The van der Waals surface area contributed by atoms with Gasteiger partial charge in [-0.3, -0.25) is 9.59 Å². The Kier molecular flexibility index (Phi) is 9.27. The summed E-state index contributed by atoms with van der Waals surface area (Å²) in [4.78, 5) is 41.9. The van der Waals surface area contributed by atoms with E-state index in [-0.39, 0.29) is 18.4 Å². The summed E-state index contributed by atoms with van der Waals surface area (Å²) in [6.45, 7) is 5.86. The quantitative estimate of drug-likeness (QED) is 0.365. The molecule has 1 aliphatic heterocycles. The standard InChI is InChI=1S/C30H32ClN3O5S/c1-30(2,3)39-29(37)33-24-18-40-26-14-9-21(27(35)32-16-19-7-12-23(38-4)13-8-19)15-25(26)34(28(24)36)17-20-5-10-22(31)11-6-20/h5-15,24H,16-18H2,1-4H3,(H,32,35)(H,33,37)/t24-/m0/s1. The van der Waals surface area contributed by atoms with Gasteiger partial charge in [-0.25, -0.2) is 4.79 Å². The van der Waals surface area contributed by atoms with Crippen molar-refractivity contribution in [1.82, 2.24) is 10.6 Å². The number of fused-ring (bicyclic) bond motifs is 1. The van der Waals surface area contributed by atoms with E-state index >= 15 is 0 Å². The zero-order valence-corrected chi connectivity index (χ0v) is 24.4. The molecule has 0 aromatic heterocycles. The number of methoxy groups -OCH3 is 1. The van der Waals surface area contributed by atoms with Crippen LogP contribution in [0.5, 0.6) is 5.75 Å². The summed E-state index contributed by atoms with van der Waals surface area (Å²) in [5.41, 5.74) is 2.08. The Labute approximate surface area is 243 Å². The second-order valence-electron chi connectivity index (χ2n) is 10.3. The number of rotatable bonds is 7. The van der Waals surface area contributed by atoms with E-state index in [1.54, 1.807) is 57.0 Å². The van der Waals surface area contributed by atoms with Crippen molar-refractivity contribution in [3.63, 3.8) is 0 Å². The van der Waals surface area contributed by atoms with Crippen LogP contribution in [0.25, 0.3) is 0 Å². The third-order valence-corrected chi connectivity index (χ3v) is 7.45. The van der Waals surface area contributed by atoms with Crippen molar-refractivity contribution in [1.29, 1.82) is 0 Å². The minimum absolute atomic E-state index is 0.229. The normalized spacial score (nSPS) is 15.1. The van der Waals surface area contributed by atoms with E-state index in [0.717, 1.165) is 21.8 Å². The fourth-order valence-corrected chi connectivity index (χ4v) is 5.24. The molecule has 3 aromatic carbocycles. The largest absolute Gasteiger partial charge is 0.497 e. The second kappa shape index (κ2) is 12.7. The van der Waals surface area contributed by atoms with E-state index < -0.39 is 17.7 Å². The Hall–Kier alpha value is -3.69. The van der Waals surface area contributed by atoms with Crippen LogP contribution in [0.4, 0.5) is 10.5 Å². The highest BCUT2D eigenvalue weighted by atomic mass is 35.5. The Morgan fingerprint density at radius 2 is 1.70 bits per heavy atom. The van der Waals surface area contributed by atoms with Gasteiger partial charge in [0.2, 0.25) is 0 Å². The molecule has 0 saturated heterocycles. The summed E-state index contributed by atoms with van der Waals surface area (Å²) in [6.07, 6.45) is -0.664. The van der Waals surface area contributed by atoms with E-state index in [2.05, 4.69) is 10.6 Å². The Bertz CT molecular complexity index is 1370. The number of carbonyl (C=O) groups excluding carboxylic acids is 3. The first kappa shape index (κ1) is 29.3. The average Bonchev–Trinajstić information content (AvgIpc) is 3.04. The molecule has 1 aliphatic rings. The number of ether oxygens (including phenoxy) is 2. The molecule has 210 valence electrons. The average molecular weight is 582 g/mol. The van der Waals surface area contributed by atoms with Gasteiger partial charge in [0.25, 0.3) is 11.8 Å². The van der Waals surface area contributed by atoms with Gasteiger partial charge < -0.3 is 25.0 Å². The second-order valence-corrected chi connectivity index (χ2v) is 11.8. The van der Waals surface area contributed by atoms with Crippen LogP contribution in [0, 0.1) is 0 Å². The maximum absolute atomic E-state index is 13.8. The molecule has 2 N–H and O–H groups in total. The van der Waals surface area contributed by atoms with Crippen LogP contribution >= 0.6 is 23.4 Å². The van der Waals surface area contributed by atoms with Gasteiger partial charge in [0.15, 0.2) is 0 Å². The Morgan fingerprint density at radius 3 is 2.35 bits per heavy atom. The molecule has 0 saturated carbocycles. The van der Waals surface area contributed by atoms with Crippen molar-refractivity contribution in [3.05, 3.63) is 88.4 Å².